The van der Waals surface area contributed by atoms with E-state index in [0.717, 1.165) is 16.2 Å². The predicted octanol–water partition coefficient (Wildman–Crippen LogP) is 4.35. The second kappa shape index (κ2) is 10.2. The molecule has 2 heterocycles. The number of hydrogen-bond acceptors (Lipinski definition) is 10. The number of ether oxygens (including phenoxy) is 3. The molecule has 0 bridgehead atoms. The lowest BCUT2D eigenvalue weighted by atomic mass is 9.95. The van der Waals surface area contributed by atoms with Crippen molar-refractivity contribution in [2.24, 2.45) is 0 Å². The molecule has 4 rings (SSSR count). The average Bonchev–Trinajstić information content (AvgIpc) is 3.41. The monoisotopic (exact) mass is 588 g/mol. The third kappa shape index (κ3) is 4.53. The van der Waals surface area contributed by atoms with E-state index >= 15 is 0 Å². The van der Waals surface area contributed by atoms with Gasteiger partial charge in [-0.3, -0.25) is 14.5 Å². The molecule has 1 amide bonds. The molecular formula is C25H21BrN2O8S. The van der Waals surface area contributed by atoms with Crippen LogP contribution in [0.15, 0.2) is 46.4 Å². The summed E-state index contributed by atoms with van der Waals surface area (Å²) >= 11 is 4.15. The fraction of sp³-hybridized carbons (Fsp3) is 0.200. The van der Waals surface area contributed by atoms with Crippen molar-refractivity contribution in [1.82, 2.24) is 4.98 Å². The Morgan fingerprint density at radius 3 is 2.51 bits per heavy atom. The normalized spacial score (nSPS) is 16.7. The molecule has 2 aromatic carbocycles. The van der Waals surface area contributed by atoms with Crippen molar-refractivity contribution >= 4 is 55.8 Å². The second-order valence-electron chi connectivity index (χ2n) is 7.86. The number of aliphatic hydroxyl groups is 1. The number of Topliss-reactive ketones (excluding diaryl/α,β-unsaturated/α-hetero) is 1. The highest BCUT2D eigenvalue weighted by Gasteiger charge is 2.49. The van der Waals surface area contributed by atoms with E-state index in [4.69, 9.17) is 14.2 Å². The highest BCUT2D eigenvalue weighted by atomic mass is 79.9. The van der Waals surface area contributed by atoms with Crippen LogP contribution in [0, 0.1) is 6.92 Å². The van der Waals surface area contributed by atoms with Crippen LogP contribution in [0.25, 0.3) is 5.76 Å². The number of nitrogens with zero attached hydrogens (tertiary/aromatic N) is 2. The fourth-order valence-electron chi connectivity index (χ4n) is 3.95. The summed E-state index contributed by atoms with van der Waals surface area (Å²) in [5, 5.41) is 21.7. The van der Waals surface area contributed by atoms with Crippen molar-refractivity contribution in [3.63, 3.8) is 0 Å². The maximum absolute atomic E-state index is 13.4. The van der Waals surface area contributed by atoms with Crippen LogP contribution in [0.4, 0.5) is 5.13 Å². The maximum atomic E-state index is 13.4. The number of aliphatic hydroxyl groups excluding tert-OH is 1. The Labute approximate surface area is 223 Å². The Hall–Kier alpha value is -3.90. The molecule has 0 aliphatic carbocycles. The highest BCUT2D eigenvalue weighted by Crippen LogP contribution is 2.47. The molecule has 1 fully saturated rings. The van der Waals surface area contributed by atoms with Gasteiger partial charge in [0.1, 0.15) is 16.4 Å². The van der Waals surface area contributed by atoms with E-state index in [1.165, 1.54) is 39.5 Å². The molecule has 3 aromatic rings. The Kier molecular flexibility index (Phi) is 7.23. The third-order valence-corrected chi connectivity index (χ3v) is 7.48. The van der Waals surface area contributed by atoms with E-state index in [2.05, 4.69) is 20.9 Å². The number of ketones is 1. The number of phenolic OH excluding ortho intramolecular Hbond substituents is 1. The largest absolute Gasteiger partial charge is 0.507 e. The molecular weight excluding hydrogens is 568 g/mol. The predicted molar refractivity (Wildman–Crippen MR) is 138 cm³/mol. The minimum Gasteiger partial charge on any atom is -0.507 e. The zero-order chi connectivity index (χ0) is 27.0. The summed E-state index contributed by atoms with van der Waals surface area (Å²) < 4.78 is 15.5. The summed E-state index contributed by atoms with van der Waals surface area (Å²) in [6.45, 7) is 1.58. The van der Waals surface area contributed by atoms with Gasteiger partial charge in [-0.05, 0) is 52.7 Å². The number of phenols is 1. The summed E-state index contributed by atoms with van der Waals surface area (Å²) in [5.41, 5.74) is 0.672. The number of anilines is 1. The van der Waals surface area contributed by atoms with Crippen molar-refractivity contribution in [2.45, 2.75) is 13.0 Å². The van der Waals surface area contributed by atoms with Crippen LogP contribution in [0.3, 0.4) is 0 Å². The molecule has 1 saturated heterocycles. The molecule has 0 spiro atoms. The van der Waals surface area contributed by atoms with E-state index in [-0.39, 0.29) is 37.1 Å². The van der Waals surface area contributed by atoms with Crippen LogP contribution in [0.1, 0.15) is 32.5 Å². The second-order valence-corrected chi connectivity index (χ2v) is 9.69. The van der Waals surface area contributed by atoms with Gasteiger partial charge in [-0.1, -0.05) is 23.5 Å². The Morgan fingerprint density at radius 1 is 1.14 bits per heavy atom. The van der Waals surface area contributed by atoms with Crippen molar-refractivity contribution in [3.05, 3.63) is 68.1 Å². The smallest absolute Gasteiger partial charge is 0.350 e. The minimum absolute atomic E-state index is 0.0536. The molecule has 10 nitrogen and oxygen atoms in total. The molecule has 1 aliphatic heterocycles. The number of hydrogen-bond donors (Lipinski definition) is 2. The van der Waals surface area contributed by atoms with E-state index in [1.54, 1.807) is 25.1 Å². The third-order valence-electron chi connectivity index (χ3n) is 5.74. The molecule has 12 heteroatoms. The molecule has 1 aliphatic rings. The number of aromatic nitrogens is 1. The van der Waals surface area contributed by atoms with Gasteiger partial charge in [0.15, 0.2) is 16.6 Å². The summed E-state index contributed by atoms with van der Waals surface area (Å²) in [6, 6.07) is 8.17. The number of rotatable bonds is 6. The van der Waals surface area contributed by atoms with E-state index < -0.39 is 29.5 Å². The van der Waals surface area contributed by atoms with Crippen molar-refractivity contribution in [3.8, 4) is 17.2 Å². The topological polar surface area (TPSA) is 135 Å². The van der Waals surface area contributed by atoms with Crippen LogP contribution in [-0.4, -0.2) is 54.2 Å². The van der Waals surface area contributed by atoms with E-state index in [0.29, 0.717) is 17.0 Å². The molecule has 1 unspecified atom stereocenters. The first kappa shape index (κ1) is 26.2. The van der Waals surface area contributed by atoms with Gasteiger partial charge in [-0.2, -0.15) is 0 Å². The van der Waals surface area contributed by atoms with Gasteiger partial charge in [0.2, 0.25) is 0 Å². The Balaban J connectivity index is 2.00. The van der Waals surface area contributed by atoms with Gasteiger partial charge in [0.25, 0.3) is 5.78 Å². The average molecular weight is 589 g/mol. The summed E-state index contributed by atoms with van der Waals surface area (Å²) in [4.78, 5) is 44.6. The van der Waals surface area contributed by atoms with Crippen LogP contribution in [0.5, 0.6) is 17.2 Å². The number of aromatic hydroxyl groups is 1. The number of carbonyl (C=O) groups is 3. The van der Waals surface area contributed by atoms with Gasteiger partial charge >= 0.3 is 11.9 Å². The molecule has 192 valence electrons. The van der Waals surface area contributed by atoms with E-state index in [1.807, 2.05) is 0 Å². The first-order valence-electron chi connectivity index (χ1n) is 10.7. The SMILES string of the molecule is COC(=O)c1sc(N2C(=O)C(=O)C(=C(O)c3cccc(OC)c3)C2c2cc(Br)c(O)c(OC)c2)nc1C. The zero-order valence-electron chi connectivity index (χ0n) is 20.1. The van der Waals surface area contributed by atoms with Gasteiger partial charge in [0.05, 0.1) is 43.1 Å². The van der Waals surface area contributed by atoms with Crippen molar-refractivity contribution in [2.75, 3.05) is 26.2 Å². The van der Waals surface area contributed by atoms with Crippen molar-refractivity contribution in [1.29, 1.82) is 0 Å². The first-order chi connectivity index (χ1) is 17.6. The molecule has 1 atom stereocenters. The molecule has 2 N–H and O–H groups in total. The number of thiazole rings is 1. The van der Waals surface area contributed by atoms with Gasteiger partial charge in [-0.15, -0.1) is 0 Å². The maximum Gasteiger partial charge on any atom is 0.350 e. The van der Waals surface area contributed by atoms with Gasteiger partial charge < -0.3 is 24.4 Å². The molecule has 1 aromatic heterocycles. The number of amides is 1. The number of benzene rings is 2. The molecule has 37 heavy (non-hydrogen) atoms. The summed E-state index contributed by atoms with van der Waals surface area (Å²) in [6.07, 6.45) is 0. The number of methoxy groups -OCH3 is 3. The number of esters is 1. The van der Waals surface area contributed by atoms with Crippen LogP contribution >= 0.6 is 27.3 Å². The quantitative estimate of drug-likeness (QED) is 0.186. The Bertz CT molecular complexity index is 1460. The zero-order valence-corrected chi connectivity index (χ0v) is 22.5. The van der Waals surface area contributed by atoms with E-state index in [9.17, 15) is 24.6 Å². The highest BCUT2D eigenvalue weighted by molar-refractivity contribution is 9.10. The summed E-state index contributed by atoms with van der Waals surface area (Å²) in [5.74, 6) is -2.67. The number of carbonyl (C=O) groups excluding carboxylic acids is 3. The number of aryl methyl sites for hydroxylation is 1. The number of halogens is 1. The van der Waals surface area contributed by atoms with Crippen molar-refractivity contribution < 1.29 is 38.8 Å². The fourth-order valence-corrected chi connectivity index (χ4v) is 5.42. The van der Waals surface area contributed by atoms with Gasteiger partial charge in [-0.25, -0.2) is 9.78 Å². The molecule has 0 saturated carbocycles. The minimum atomic E-state index is -1.17. The van der Waals surface area contributed by atoms with Gasteiger partial charge in [0, 0.05) is 5.56 Å². The molecule has 0 radical (unpaired) electrons. The van der Waals surface area contributed by atoms with Crippen LogP contribution in [0.2, 0.25) is 0 Å². The first-order valence-corrected chi connectivity index (χ1v) is 12.3. The Morgan fingerprint density at radius 2 is 1.86 bits per heavy atom. The standard InChI is InChI=1S/C25H21BrN2O8S/c1-11-22(24(33)36-4)37-25(27-11)28-18(13-9-15(26)20(30)16(10-13)35-3)17(21(31)23(28)32)19(29)12-6-5-7-14(8-12)34-2/h5-10,18,29-30H,1-4H3. The lowest BCUT2D eigenvalue weighted by Crippen LogP contribution is -2.29. The summed E-state index contributed by atoms with van der Waals surface area (Å²) in [7, 11) is 4.04. The van der Waals surface area contributed by atoms with Crippen LogP contribution in [-0.2, 0) is 14.3 Å². The lowest BCUT2D eigenvalue weighted by molar-refractivity contribution is -0.132. The lowest BCUT2D eigenvalue weighted by Gasteiger charge is -2.24. The van der Waals surface area contributed by atoms with Crippen LogP contribution < -0.4 is 14.4 Å².